The Bertz CT molecular complexity index is 959. The van der Waals surface area contributed by atoms with Crippen molar-refractivity contribution >= 4 is 17.4 Å². The molecule has 2 amide bonds. The molecule has 4 rings (SSSR count). The summed E-state index contributed by atoms with van der Waals surface area (Å²) in [7, 11) is 0. The van der Waals surface area contributed by atoms with E-state index in [1.807, 2.05) is 36.1 Å². The summed E-state index contributed by atoms with van der Waals surface area (Å²) in [6, 6.07) is 15.9. The minimum Gasteiger partial charge on any atom is -0.368 e. The van der Waals surface area contributed by atoms with Gasteiger partial charge in [0.05, 0.1) is 5.69 Å². The first-order chi connectivity index (χ1) is 13.6. The van der Waals surface area contributed by atoms with Crippen LogP contribution in [0.25, 0.3) is 5.69 Å². The van der Waals surface area contributed by atoms with Gasteiger partial charge in [-0.3, -0.25) is 0 Å². The molecule has 1 aromatic heterocycles. The van der Waals surface area contributed by atoms with Crippen LogP contribution in [0.2, 0.25) is 0 Å². The van der Waals surface area contributed by atoms with E-state index in [2.05, 4.69) is 56.9 Å². The molecule has 1 fully saturated rings. The molecule has 144 valence electrons. The van der Waals surface area contributed by atoms with Crippen molar-refractivity contribution < 1.29 is 4.79 Å². The van der Waals surface area contributed by atoms with Crippen molar-refractivity contribution in [2.45, 2.75) is 13.8 Å². The number of rotatable bonds is 3. The molecular weight excluding hydrogens is 354 g/mol. The third-order valence-electron chi connectivity index (χ3n) is 4.92. The number of aromatic nitrogens is 4. The first kappa shape index (κ1) is 18.0. The van der Waals surface area contributed by atoms with Gasteiger partial charge in [-0.15, -0.1) is 5.10 Å². The molecule has 0 spiro atoms. The maximum atomic E-state index is 12.6. The minimum atomic E-state index is -0.0738. The number of aryl methyl sites for hydroxylation is 2. The number of nitrogens with one attached hydrogen (secondary N) is 1. The van der Waals surface area contributed by atoms with Crippen molar-refractivity contribution in [3.8, 4) is 5.69 Å². The second-order valence-electron chi connectivity index (χ2n) is 6.93. The van der Waals surface area contributed by atoms with Crippen molar-refractivity contribution in [2.24, 2.45) is 0 Å². The molecule has 2 heterocycles. The summed E-state index contributed by atoms with van der Waals surface area (Å²) >= 11 is 0. The second kappa shape index (κ2) is 7.67. The molecular formula is C20H23N7O. The predicted molar refractivity (Wildman–Crippen MR) is 108 cm³/mol. The molecule has 1 aliphatic rings. The standard InChI is InChI=1S/C20H23N7O/c1-15-4-3-5-19(14-15)25-10-12-26(13-11-25)20(28)21-17-6-8-18(9-7-17)27-16(2)22-23-24-27/h3-9,14H,10-13H2,1-2H3,(H,21,28). The van der Waals surface area contributed by atoms with Gasteiger partial charge in [0.1, 0.15) is 0 Å². The summed E-state index contributed by atoms with van der Waals surface area (Å²) in [6.45, 7) is 6.98. The second-order valence-corrected chi connectivity index (χ2v) is 6.93. The molecule has 1 saturated heterocycles. The molecule has 0 bridgehead atoms. The molecule has 1 aliphatic heterocycles. The topological polar surface area (TPSA) is 79.2 Å². The Morgan fingerprint density at radius 3 is 2.36 bits per heavy atom. The smallest absolute Gasteiger partial charge is 0.321 e. The van der Waals surface area contributed by atoms with Gasteiger partial charge in [0, 0.05) is 37.6 Å². The fourth-order valence-electron chi connectivity index (χ4n) is 3.35. The maximum absolute atomic E-state index is 12.6. The minimum absolute atomic E-state index is 0.0738. The van der Waals surface area contributed by atoms with E-state index in [4.69, 9.17) is 0 Å². The van der Waals surface area contributed by atoms with Crippen LogP contribution in [0.1, 0.15) is 11.4 Å². The number of piperazine rings is 1. The van der Waals surface area contributed by atoms with E-state index in [9.17, 15) is 4.79 Å². The molecule has 0 aliphatic carbocycles. The highest BCUT2D eigenvalue weighted by atomic mass is 16.2. The van der Waals surface area contributed by atoms with E-state index in [0.29, 0.717) is 18.9 Å². The summed E-state index contributed by atoms with van der Waals surface area (Å²) in [5.41, 5.74) is 4.07. The summed E-state index contributed by atoms with van der Waals surface area (Å²) in [5.74, 6) is 0.711. The monoisotopic (exact) mass is 377 g/mol. The highest BCUT2D eigenvalue weighted by molar-refractivity contribution is 5.89. The molecule has 8 heteroatoms. The fourth-order valence-corrected chi connectivity index (χ4v) is 3.35. The summed E-state index contributed by atoms with van der Waals surface area (Å²) in [4.78, 5) is 16.8. The Morgan fingerprint density at radius 1 is 0.964 bits per heavy atom. The molecule has 1 N–H and O–H groups in total. The quantitative estimate of drug-likeness (QED) is 0.759. The lowest BCUT2D eigenvalue weighted by atomic mass is 10.2. The highest BCUT2D eigenvalue weighted by Crippen LogP contribution is 2.19. The largest absolute Gasteiger partial charge is 0.368 e. The molecule has 0 unspecified atom stereocenters. The maximum Gasteiger partial charge on any atom is 0.321 e. The number of urea groups is 1. The molecule has 8 nitrogen and oxygen atoms in total. The van der Waals surface area contributed by atoms with E-state index in [-0.39, 0.29) is 6.03 Å². The van der Waals surface area contributed by atoms with Crippen molar-refractivity contribution in [3.63, 3.8) is 0 Å². The van der Waals surface area contributed by atoms with Crippen LogP contribution in [0.4, 0.5) is 16.2 Å². The van der Waals surface area contributed by atoms with Crippen LogP contribution in [0, 0.1) is 13.8 Å². The number of anilines is 2. The third kappa shape index (κ3) is 3.80. The van der Waals surface area contributed by atoms with E-state index >= 15 is 0 Å². The summed E-state index contributed by atoms with van der Waals surface area (Å²) < 4.78 is 1.65. The van der Waals surface area contributed by atoms with E-state index in [1.165, 1.54) is 11.3 Å². The number of carbonyl (C=O) groups excluding carboxylic acids is 1. The molecule has 3 aromatic rings. The number of benzene rings is 2. The van der Waals surface area contributed by atoms with Crippen molar-refractivity contribution in [2.75, 3.05) is 36.4 Å². The van der Waals surface area contributed by atoms with E-state index < -0.39 is 0 Å². The Hall–Kier alpha value is -3.42. The zero-order valence-electron chi connectivity index (χ0n) is 16.0. The molecule has 28 heavy (non-hydrogen) atoms. The highest BCUT2D eigenvalue weighted by Gasteiger charge is 2.21. The third-order valence-corrected chi connectivity index (χ3v) is 4.92. The normalized spacial score (nSPS) is 14.2. The van der Waals surface area contributed by atoms with Crippen molar-refractivity contribution in [1.82, 2.24) is 25.1 Å². The van der Waals surface area contributed by atoms with Crippen LogP contribution in [0.5, 0.6) is 0 Å². The van der Waals surface area contributed by atoms with Gasteiger partial charge in [-0.05, 0) is 66.2 Å². The Morgan fingerprint density at radius 2 is 1.71 bits per heavy atom. The van der Waals surface area contributed by atoms with Gasteiger partial charge < -0.3 is 15.1 Å². The van der Waals surface area contributed by atoms with Crippen molar-refractivity contribution in [1.29, 1.82) is 0 Å². The lowest BCUT2D eigenvalue weighted by Gasteiger charge is -2.36. The van der Waals surface area contributed by atoms with Gasteiger partial charge in [0.2, 0.25) is 0 Å². The summed E-state index contributed by atoms with van der Waals surface area (Å²) in [6.07, 6.45) is 0. The van der Waals surface area contributed by atoms with Gasteiger partial charge in [-0.2, -0.15) is 4.68 Å². The molecule has 0 saturated carbocycles. The van der Waals surface area contributed by atoms with Gasteiger partial charge >= 0.3 is 6.03 Å². The Labute approximate surface area is 163 Å². The zero-order valence-corrected chi connectivity index (χ0v) is 16.0. The Kier molecular flexibility index (Phi) is 4.92. The fraction of sp³-hybridized carbons (Fsp3) is 0.300. The van der Waals surface area contributed by atoms with E-state index in [0.717, 1.165) is 24.5 Å². The lowest BCUT2D eigenvalue weighted by molar-refractivity contribution is 0.208. The van der Waals surface area contributed by atoms with Crippen LogP contribution in [-0.2, 0) is 0 Å². The van der Waals surface area contributed by atoms with Crippen molar-refractivity contribution in [3.05, 3.63) is 59.9 Å². The molecule has 2 aromatic carbocycles. The predicted octanol–water partition coefficient (Wildman–Crippen LogP) is 2.63. The average molecular weight is 377 g/mol. The molecule has 0 atom stereocenters. The number of hydrogen-bond donors (Lipinski definition) is 1. The first-order valence-corrected chi connectivity index (χ1v) is 9.33. The van der Waals surface area contributed by atoms with Gasteiger partial charge in [0.15, 0.2) is 5.82 Å². The van der Waals surface area contributed by atoms with Crippen LogP contribution in [-0.4, -0.2) is 57.3 Å². The van der Waals surface area contributed by atoms with Crippen LogP contribution < -0.4 is 10.2 Å². The van der Waals surface area contributed by atoms with Crippen LogP contribution in [0.15, 0.2) is 48.5 Å². The average Bonchev–Trinajstić information content (AvgIpc) is 3.14. The van der Waals surface area contributed by atoms with Gasteiger partial charge in [-0.1, -0.05) is 12.1 Å². The number of hydrogen-bond acceptors (Lipinski definition) is 5. The lowest BCUT2D eigenvalue weighted by Crippen LogP contribution is -2.50. The zero-order chi connectivity index (χ0) is 19.5. The van der Waals surface area contributed by atoms with Crippen LogP contribution >= 0.6 is 0 Å². The number of amides is 2. The number of carbonyl (C=O) groups is 1. The molecule has 0 radical (unpaired) electrons. The number of tetrazole rings is 1. The summed E-state index contributed by atoms with van der Waals surface area (Å²) in [5, 5.41) is 14.4. The van der Waals surface area contributed by atoms with E-state index in [1.54, 1.807) is 4.68 Å². The van der Waals surface area contributed by atoms with Crippen LogP contribution in [0.3, 0.4) is 0 Å². The number of nitrogens with zero attached hydrogens (tertiary/aromatic N) is 6. The first-order valence-electron chi connectivity index (χ1n) is 9.33. The van der Waals surface area contributed by atoms with Gasteiger partial charge in [-0.25, -0.2) is 4.79 Å². The van der Waals surface area contributed by atoms with Gasteiger partial charge in [0.25, 0.3) is 0 Å². The Balaban J connectivity index is 1.34. The SMILES string of the molecule is Cc1cccc(N2CCN(C(=O)Nc3ccc(-n4nnnc4C)cc3)CC2)c1.